The molecule has 0 fully saturated rings. The zero-order valence-corrected chi connectivity index (χ0v) is 9.95. The number of carbonyl (C=O) groups is 1. The molecule has 1 aromatic rings. The van der Waals surface area contributed by atoms with Crippen LogP contribution in [-0.2, 0) is 4.79 Å². The van der Waals surface area contributed by atoms with Gasteiger partial charge in [-0.2, -0.15) is 0 Å². The van der Waals surface area contributed by atoms with Gasteiger partial charge in [0.1, 0.15) is 0 Å². The zero-order valence-electron chi connectivity index (χ0n) is 9.95. The number of hydrogen-bond donors (Lipinski definition) is 1. The molecule has 0 aliphatic heterocycles. The topological polar surface area (TPSA) is 29.1 Å². The molecule has 0 spiro atoms. The summed E-state index contributed by atoms with van der Waals surface area (Å²) in [5.41, 5.74) is 1.53. The van der Waals surface area contributed by atoms with Gasteiger partial charge in [0.25, 0.3) is 0 Å². The first kappa shape index (κ1) is 12.3. The van der Waals surface area contributed by atoms with Gasteiger partial charge in [-0.05, 0) is 24.1 Å². The highest BCUT2D eigenvalue weighted by Gasteiger charge is 2.16. The third-order valence-electron chi connectivity index (χ3n) is 2.71. The molecule has 0 heterocycles. The van der Waals surface area contributed by atoms with Crippen molar-refractivity contribution < 1.29 is 4.79 Å². The quantitative estimate of drug-likeness (QED) is 0.772. The van der Waals surface area contributed by atoms with Crippen LogP contribution in [0.2, 0.25) is 0 Å². The number of hydrogen-bond acceptors (Lipinski definition) is 1. The molecule has 0 saturated carbocycles. The summed E-state index contributed by atoms with van der Waals surface area (Å²) in [6, 6.07) is 7.31. The maximum absolute atomic E-state index is 11.8. The van der Waals surface area contributed by atoms with Crippen LogP contribution in [0.5, 0.6) is 0 Å². The number of nitrogens with one attached hydrogen (secondary N) is 1. The van der Waals surface area contributed by atoms with Crippen LogP contribution >= 0.6 is 0 Å². The summed E-state index contributed by atoms with van der Waals surface area (Å²) in [7, 11) is 0. The van der Waals surface area contributed by atoms with E-state index in [1.165, 1.54) is 0 Å². The molecule has 0 saturated heterocycles. The maximum Gasteiger partial charge on any atom is 0.227 e. The molecule has 1 rings (SSSR count). The normalized spacial score (nSPS) is 11.9. The molecule has 1 amide bonds. The molecule has 0 aliphatic carbocycles. The lowest BCUT2D eigenvalue weighted by Crippen LogP contribution is -2.24. The van der Waals surface area contributed by atoms with Gasteiger partial charge in [-0.1, -0.05) is 32.8 Å². The number of terminal acetylenes is 1. The minimum Gasteiger partial charge on any atom is -0.326 e. The fourth-order valence-corrected chi connectivity index (χ4v) is 1.25. The van der Waals surface area contributed by atoms with Gasteiger partial charge in [0, 0.05) is 17.2 Å². The highest BCUT2D eigenvalue weighted by atomic mass is 16.1. The van der Waals surface area contributed by atoms with E-state index in [9.17, 15) is 4.79 Å². The van der Waals surface area contributed by atoms with Crippen molar-refractivity contribution >= 4 is 11.6 Å². The van der Waals surface area contributed by atoms with E-state index in [1.807, 2.05) is 39.0 Å². The first-order valence-electron chi connectivity index (χ1n) is 5.42. The fraction of sp³-hybridized carbons (Fsp3) is 0.357. The molecule has 0 aromatic heterocycles. The number of rotatable bonds is 3. The predicted molar refractivity (Wildman–Crippen MR) is 67.0 cm³/mol. The minimum absolute atomic E-state index is 0.00510. The molecule has 1 aromatic carbocycles. The van der Waals surface area contributed by atoms with Crippen molar-refractivity contribution in [1.82, 2.24) is 0 Å². The van der Waals surface area contributed by atoms with Gasteiger partial charge in [-0.25, -0.2) is 0 Å². The molecule has 84 valence electrons. The van der Waals surface area contributed by atoms with Crippen molar-refractivity contribution in [2.24, 2.45) is 11.8 Å². The summed E-state index contributed by atoms with van der Waals surface area (Å²) < 4.78 is 0. The second kappa shape index (κ2) is 5.37. The van der Waals surface area contributed by atoms with Crippen molar-refractivity contribution in [3.63, 3.8) is 0 Å². The highest BCUT2D eigenvalue weighted by Crippen LogP contribution is 2.15. The van der Waals surface area contributed by atoms with Crippen molar-refractivity contribution in [3.8, 4) is 12.3 Å². The standard InChI is InChI=1S/C14H17NO/c1-5-12-7-6-8-13(9-12)15-14(16)11(4)10(2)3/h1,6-11H,2-4H3,(H,15,16). The first-order chi connectivity index (χ1) is 7.54. The van der Waals surface area contributed by atoms with E-state index in [1.54, 1.807) is 6.07 Å². The van der Waals surface area contributed by atoms with E-state index in [0.717, 1.165) is 11.3 Å². The Kier molecular flexibility index (Phi) is 4.13. The van der Waals surface area contributed by atoms with Gasteiger partial charge < -0.3 is 5.32 Å². The second-order valence-corrected chi connectivity index (χ2v) is 4.25. The van der Waals surface area contributed by atoms with Gasteiger partial charge in [-0.15, -0.1) is 6.42 Å². The summed E-state index contributed by atoms with van der Waals surface area (Å²) in [5.74, 6) is 2.90. The molecule has 1 N–H and O–H groups in total. The Morgan fingerprint density at radius 1 is 1.38 bits per heavy atom. The summed E-state index contributed by atoms with van der Waals surface area (Å²) in [5, 5.41) is 2.86. The summed E-state index contributed by atoms with van der Waals surface area (Å²) >= 11 is 0. The van der Waals surface area contributed by atoms with Crippen LogP contribution in [-0.4, -0.2) is 5.91 Å². The van der Waals surface area contributed by atoms with Crippen LogP contribution in [0.4, 0.5) is 5.69 Å². The van der Waals surface area contributed by atoms with Crippen LogP contribution in [0.15, 0.2) is 24.3 Å². The lowest BCUT2D eigenvalue weighted by Gasteiger charge is -2.15. The molecule has 16 heavy (non-hydrogen) atoms. The lowest BCUT2D eigenvalue weighted by atomic mass is 9.97. The molecular weight excluding hydrogens is 198 g/mol. The number of anilines is 1. The van der Waals surface area contributed by atoms with Crippen LogP contribution in [0.1, 0.15) is 26.3 Å². The van der Waals surface area contributed by atoms with Crippen molar-refractivity contribution in [2.75, 3.05) is 5.32 Å². The summed E-state index contributed by atoms with van der Waals surface area (Å²) in [4.78, 5) is 11.8. The Morgan fingerprint density at radius 2 is 2.06 bits per heavy atom. The third-order valence-corrected chi connectivity index (χ3v) is 2.71. The predicted octanol–water partition coefficient (Wildman–Crippen LogP) is 2.90. The van der Waals surface area contributed by atoms with Gasteiger partial charge in [0.15, 0.2) is 0 Å². The number of amides is 1. The molecule has 1 unspecified atom stereocenters. The monoisotopic (exact) mass is 215 g/mol. The maximum atomic E-state index is 11.8. The summed E-state index contributed by atoms with van der Waals surface area (Å²) in [6.45, 7) is 5.98. The van der Waals surface area contributed by atoms with Gasteiger partial charge in [0.2, 0.25) is 5.91 Å². The van der Waals surface area contributed by atoms with Crippen LogP contribution < -0.4 is 5.32 Å². The fourth-order valence-electron chi connectivity index (χ4n) is 1.25. The first-order valence-corrected chi connectivity index (χ1v) is 5.42. The molecular formula is C14H17NO. The molecule has 1 atom stereocenters. The number of carbonyl (C=O) groups excluding carboxylic acids is 1. The summed E-state index contributed by atoms with van der Waals surface area (Å²) in [6.07, 6.45) is 5.29. The smallest absolute Gasteiger partial charge is 0.227 e. The van der Waals surface area contributed by atoms with Crippen molar-refractivity contribution in [3.05, 3.63) is 29.8 Å². The van der Waals surface area contributed by atoms with Gasteiger partial charge in [-0.3, -0.25) is 4.79 Å². The van der Waals surface area contributed by atoms with Crippen LogP contribution in [0, 0.1) is 24.2 Å². The average molecular weight is 215 g/mol. The SMILES string of the molecule is C#Cc1cccc(NC(=O)C(C)C(C)C)c1. The van der Waals surface area contributed by atoms with E-state index in [0.29, 0.717) is 5.92 Å². The Morgan fingerprint density at radius 3 is 2.62 bits per heavy atom. The second-order valence-electron chi connectivity index (χ2n) is 4.25. The Bertz CT molecular complexity index is 415. The van der Waals surface area contributed by atoms with Crippen LogP contribution in [0.3, 0.4) is 0 Å². The van der Waals surface area contributed by atoms with Gasteiger partial charge >= 0.3 is 0 Å². The average Bonchev–Trinajstić information content (AvgIpc) is 2.28. The molecule has 2 heteroatoms. The van der Waals surface area contributed by atoms with E-state index >= 15 is 0 Å². The van der Waals surface area contributed by atoms with Crippen molar-refractivity contribution in [1.29, 1.82) is 0 Å². The zero-order chi connectivity index (χ0) is 12.1. The van der Waals surface area contributed by atoms with Gasteiger partial charge in [0.05, 0.1) is 0 Å². The number of benzene rings is 1. The van der Waals surface area contributed by atoms with E-state index in [4.69, 9.17) is 6.42 Å². The molecule has 2 nitrogen and oxygen atoms in total. The largest absolute Gasteiger partial charge is 0.326 e. The molecule has 0 bridgehead atoms. The van der Waals surface area contributed by atoms with Crippen LogP contribution in [0.25, 0.3) is 0 Å². The Balaban J connectivity index is 2.74. The van der Waals surface area contributed by atoms with E-state index in [-0.39, 0.29) is 11.8 Å². The highest BCUT2D eigenvalue weighted by molar-refractivity contribution is 5.92. The minimum atomic E-state index is -0.00510. The van der Waals surface area contributed by atoms with E-state index in [2.05, 4.69) is 11.2 Å². The Hall–Kier alpha value is -1.75. The third kappa shape index (κ3) is 3.13. The Labute approximate surface area is 97.1 Å². The lowest BCUT2D eigenvalue weighted by molar-refractivity contribution is -0.120. The molecule has 0 radical (unpaired) electrons. The molecule has 0 aliphatic rings. The van der Waals surface area contributed by atoms with Crippen molar-refractivity contribution in [2.45, 2.75) is 20.8 Å². The van der Waals surface area contributed by atoms with E-state index < -0.39 is 0 Å².